The van der Waals surface area contributed by atoms with Crippen LogP contribution in [0.1, 0.15) is 46.5 Å². The second-order valence-corrected chi connectivity index (χ2v) is 6.11. The lowest BCUT2D eigenvalue weighted by molar-refractivity contribution is 0.304. The summed E-state index contributed by atoms with van der Waals surface area (Å²) in [4.78, 5) is 0. The highest BCUT2D eigenvalue weighted by molar-refractivity contribution is 5.85. The van der Waals surface area contributed by atoms with Gasteiger partial charge in [0.05, 0.1) is 0 Å². The lowest BCUT2D eigenvalue weighted by Gasteiger charge is -2.23. The fourth-order valence-corrected chi connectivity index (χ4v) is 2.48. The fourth-order valence-electron chi connectivity index (χ4n) is 2.48. The standard InChI is InChI=1S/C13H27N3O/c1-10-4-5-11(8-10)9-15-7-6-13(2,3)12(14)16-17/h10-11,15,17H,4-9H2,1-3H3,(H2,14,16). The topological polar surface area (TPSA) is 70.6 Å². The van der Waals surface area contributed by atoms with Gasteiger partial charge < -0.3 is 16.3 Å². The first-order chi connectivity index (χ1) is 7.95. The average Bonchev–Trinajstić information content (AvgIpc) is 2.69. The summed E-state index contributed by atoms with van der Waals surface area (Å²) in [6.07, 6.45) is 4.99. The maximum absolute atomic E-state index is 8.67. The maximum atomic E-state index is 8.67. The highest BCUT2D eigenvalue weighted by Crippen LogP contribution is 2.29. The van der Waals surface area contributed by atoms with Crippen LogP contribution in [0.5, 0.6) is 0 Å². The van der Waals surface area contributed by atoms with Crippen molar-refractivity contribution in [1.29, 1.82) is 0 Å². The molecule has 0 aliphatic heterocycles. The Labute approximate surface area is 105 Å². The number of amidine groups is 1. The molecule has 1 fully saturated rings. The molecule has 100 valence electrons. The Balaban J connectivity index is 2.16. The number of hydrogen-bond acceptors (Lipinski definition) is 3. The molecule has 2 unspecified atom stereocenters. The molecule has 4 N–H and O–H groups in total. The van der Waals surface area contributed by atoms with Crippen molar-refractivity contribution in [2.45, 2.75) is 46.5 Å². The van der Waals surface area contributed by atoms with Crippen LogP contribution in [0, 0.1) is 17.3 Å². The zero-order valence-electron chi connectivity index (χ0n) is 11.4. The first-order valence-electron chi connectivity index (χ1n) is 6.64. The molecule has 0 bridgehead atoms. The van der Waals surface area contributed by atoms with E-state index in [1.807, 2.05) is 13.8 Å². The Morgan fingerprint density at radius 3 is 2.71 bits per heavy atom. The van der Waals surface area contributed by atoms with Crippen molar-refractivity contribution in [2.24, 2.45) is 28.1 Å². The molecule has 0 amide bonds. The molecule has 1 saturated carbocycles. The lowest BCUT2D eigenvalue weighted by atomic mass is 9.88. The van der Waals surface area contributed by atoms with E-state index in [1.54, 1.807) is 0 Å². The molecular weight excluding hydrogens is 214 g/mol. The van der Waals surface area contributed by atoms with Crippen LogP contribution in [0.25, 0.3) is 0 Å². The molecule has 0 spiro atoms. The molecule has 1 aliphatic carbocycles. The Hall–Kier alpha value is -0.770. The van der Waals surface area contributed by atoms with Crippen LogP contribution in [-0.4, -0.2) is 24.1 Å². The lowest BCUT2D eigenvalue weighted by Crippen LogP contribution is -2.35. The van der Waals surface area contributed by atoms with Crippen molar-refractivity contribution in [2.75, 3.05) is 13.1 Å². The summed E-state index contributed by atoms with van der Waals surface area (Å²) in [5, 5.41) is 15.3. The monoisotopic (exact) mass is 241 g/mol. The number of nitrogens with zero attached hydrogens (tertiary/aromatic N) is 1. The molecule has 0 aromatic rings. The van der Waals surface area contributed by atoms with Crippen molar-refractivity contribution in [3.05, 3.63) is 0 Å². The summed E-state index contributed by atoms with van der Waals surface area (Å²) in [5.74, 6) is 2.06. The average molecular weight is 241 g/mol. The minimum atomic E-state index is -0.231. The van der Waals surface area contributed by atoms with Crippen LogP contribution in [0.2, 0.25) is 0 Å². The van der Waals surface area contributed by atoms with E-state index < -0.39 is 0 Å². The van der Waals surface area contributed by atoms with Crippen LogP contribution in [-0.2, 0) is 0 Å². The molecule has 0 radical (unpaired) electrons. The summed E-state index contributed by atoms with van der Waals surface area (Å²) in [7, 11) is 0. The Kier molecular flexibility index (Phi) is 5.25. The van der Waals surface area contributed by atoms with Crippen LogP contribution >= 0.6 is 0 Å². The second-order valence-electron chi connectivity index (χ2n) is 6.11. The molecule has 1 aliphatic rings. The number of hydrogen-bond donors (Lipinski definition) is 3. The van der Waals surface area contributed by atoms with Crippen molar-refractivity contribution in [1.82, 2.24) is 5.32 Å². The predicted octanol–water partition coefficient (Wildman–Crippen LogP) is 2.17. The number of nitrogens with two attached hydrogens (primary N) is 1. The zero-order valence-corrected chi connectivity index (χ0v) is 11.4. The van der Waals surface area contributed by atoms with Crippen molar-refractivity contribution in [3.63, 3.8) is 0 Å². The van der Waals surface area contributed by atoms with E-state index in [0.717, 1.165) is 31.3 Å². The zero-order chi connectivity index (χ0) is 12.9. The quantitative estimate of drug-likeness (QED) is 0.219. The summed E-state index contributed by atoms with van der Waals surface area (Å²) in [6.45, 7) is 8.37. The van der Waals surface area contributed by atoms with Crippen molar-refractivity contribution >= 4 is 5.84 Å². The van der Waals surface area contributed by atoms with Gasteiger partial charge in [-0.25, -0.2) is 0 Å². The molecule has 4 heteroatoms. The largest absolute Gasteiger partial charge is 0.409 e. The molecule has 1 rings (SSSR count). The summed E-state index contributed by atoms with van der Waals surface area (Å²) < 4.78 is 0. The Morgan fingerprint density at radius 2 is 2.18 bits per heavy atom. The maximum Gasteiger partial charge on any atom is 0.144 e. The second kappa shape index (κ2) is 6.24. The van der Waals surface area contributed by atoms with Gasteiger partial charge in [0.25, 0.3) is 0 Å². The molecule has 0 aromatic heterocycles. The van der Waals surface area contributed by atoms with Gasteiger partial charge in [-0.1, -0.05) is 32.3 Å². The van der Waals surface area contributed by atoms with Crippen LogP contribution in [0.15, 0.2) is 5.16 Å². The van der Waals surface area contributed by atoms with Gasteiger partial charge in [0.15, 0.2) is 0 Å². The highest BCUT2D eigenvalue weighted by Gasteiger charge is 2.24. The summed E-state index contributed by atoms with van der Waals surface area (Å²) in [5.41, 5.74) is 5.41. The molecule has 0 heterocycles. The van der Waals surface area contributed by atoms with Crippen LogP contribution in [0.3, 0.4) is 0 Å². The first-order valence-corrected chi connectivity index (χ1v) is 6.64. The first kappa shape index (κ1) is 14.3. The van der Waals surface area contributed by atoms with Gasteiger partial charge in [-0.15, -0.1) is 0 Å². The van der Waals surface area contributed by atoms with Crippen LogP contribution in [0.4, 0.5) is 0 Å². The SMILES string of the molecule is CC1CCC(CNCCC(C)(C)C(N)=NO)C1. The molecule has 17 heavy (non-hydrogen) atoms. The third-order valence-electron chi connectivity index (χ3n) is 3.96. The Bertz CT molecular complexity index is 263. The summed E-state index contributed by atoms with van der Waals surface area (Å²) >= 11 is 0. The van der Waals surface area contributed by atoms with Crippen molar-refractivity contribution in [3.8, 4) is 0 Å². The third kappa shape index (κ3) is 4.54. The van der Waals surface area contributed by atoms with E-state index in [0.29, 0.717) is 5.84 Å². The van der Waals surface area contributed by atoms with E-state index in [1.165, 1.54) is 19.3 Å². The van der Waals surface area contributed by atoms with Gasteiger partial charge in [0.2, 0.25) is 0 Å². The predicted molar refractivity (Wildman–Crippen MR) is 71.2 cm³/mol. The number of rotatable bonds is 6. The van der Waals surface area contributed by atoms with Gasteiger partial charge in [0.1, 0.15) is 5.84 Å². The van der Waals surface area contributed by atoms with Gasteiger partial charge in [-0.05, 0) is 44.2 Å². The highest BCUT2D eigenvalue weighted by atomic mass is 16.4. The van der Waals surface area contributed by atoms with E-state index >= 15 is 0 Å². The number of nitrogens with one attached hydrogen (secondary N) is 1. The third-order valence-corrected chi connectivity index (χ3v) is 3.96. The normalized spacial score (nSPS) is 26.4. The molecular formula is C13H27N3O. The molecule has 4 nitrogen and oxygen atoms in total. The molecule has 0 aromatic carbocycles. The minimum absolute atomic E-state index is 0.231. The number of oxime groups is 1. The van der Waals surface area contributed by atoms with E-state index in [9.17, 15) is 0 Å². The van der Waals surface area contributed by atoms with Gasteiger partial charge >= 0.3 is 0 Å². The van der Waals surface area contributed by atoms with Gasteiger partial charge in [-0.3, -0.25) is 0 Å². The fraction of sp³-hybridized carbons (Fsp3) is 0.923. The van der Waals surface area contributed by atoms with E-state index in [4.69, 9.17) is 10.9 Å². The van der Waals surface area contributed by atoms with Crippen molar-refractivity contribution < 1.29 is 5.21 Å². The smallest absolute Gasteiger partial charge is 0.144 e. The van der Waals surface area contributed by atoms with E-state index in [2.05, 4.69) is 17.4 Å². The van der Waals surface area contributed by atoms with Gasteiger partial charge in [0, 0.05) is 5.41 Å². The minimum Gasteiger partial charge on any atom is -0.409 e. The molecule has 0 saturated heterocycles. The Morgan fingerprint density at radius 1 is 1.47 bits per heavy atom. The summed E-state index contributed by atoms with van der Waals surface area (Å²) in [6, 6.07) is 0. The van der Waals surface area contributed by atoms with Crippen LogP contribution < -0.4 is 11.1 Å². The van der Waals surface area contributed by atoms with Gasteiger partial charge in [-0.2, -0.15) is 0 Å². The molecule has 2 atom stereocenters. The van der Waals surface area contributed by atoms with E-state index in [-0.39, 0.29) is 5.41 Å².